The average Bonchev–Trinajstić information content (AvgIpc) is 2.72. The second-order valence-corrected chi connectivity index (χ2v) is 6.63. The van der Waals surface area contributed by atoms with Crippen LogP contribution < -0.4 is 4.74 Å². The lowest BCUT2D eigenvalue weighted by Gasteiger charge is -2.19. The fourth-order valence-corrected chi connectivity index (χ4v) is 3.64. The number of carbonyl (C=O) groups excluding carboxylic acids is 2. The van der Waals surface area contributed by atoms with E-state index in [9.17, 15) is 9.59 Å². The molecule has 0 saturated carbocycles. The predicted molar refractivity (Wildman–Crippen MR) is 90.6 cm³/mol. The van der Waals surface area contributed by atoms with E-state index in [1.165, 1.54) is 12.0 Å². The van der Waals surface area contributed by atoms with Crippen LogP contribution in [-0.2, 0) is 4.79 Å². The maximum Gasteiger partial charge on any atom is 0.293 e. The minimum Gasteiger partial charge on any atom is -0.494 e. The van der Waals surface area contributed by atoms with Crippen molar-refractivity contribution in [2.24, 2.45) is 0 Å². The van der Waals surface area contributed by atoms with Crippen molar-refractivity contribution in [3.8, 4) is 5.75 Å². The van der Waals surface area contributed by atoms with Crippen molar-refractivity contribution in [3.63, 3.8) is 0 Å². The minimum atomic E-state index is -0.285. The van der Waals surface area contributed by atoms with E-state index in [-0.39, 0.29) is 17.2 Å². The quantitative estimate of drug-likeness (QED) is 0.721. The monoisotopic (exact) mass is 359 g/mol. The molecule has 2 rings (SSSR count). The van der Waals surface area contributed by atoms with Crippen LogP contribution in [0.3, 0.4) is 0 Å². The Labute approximate surface area is 143 Å². The Morgan fingerprint density at radius 1 is 1.32 bits per heavy atom. The third kappa shape index (κ3) is 3.26. The third-order valence-electron chi connectivity index (χ3n) is 3.38. The van der Waals surface area contributed by atoms with Crippen LogP contribution in [0.5, 0.6) is 5.75 Å². The molecule has 0 bridgehead atoms. The second kappa shape index (κ2) is 6.94. The zero-order chi connectivity index (χ0) is 16.4. The minimum absolute atomic E-state index is 0.124. The van der Waals surface area contributed by atoms with Gasteiger partial charge in [-0.3, -0.25) is 14.5 Å². The van der Waals surface area contributed by atoms with Crippen molar-refractivity contribution < 1.29 is 14.3 Å². The van der Waals surface area contributed by atoms with Crippen molar-refractivity contribution in [1.29, 1.82) is 0 Å². The van der Waals surface area contributed by atoms with E-state index in [4.69, 9.17) is 27.9 Å². The molecular weight excluding hydrogens is 345 g/mol. The molecule has 0 unspecified atom stereocenters. The van der Waals surface area contributed by atoms with Gasteiger partial charge in [-0.2, -0.15) is 0 Å². The molecule has 1 atom stereocenters. The summed E-state index contributed by atoms with van der Waals surface area (Å²) in [5.74, 6) is 0.0978. The molecule has 4 nitrogen and oxygen atoms in total. The first-order chi connectivity index (χ1) is 10.4. The standard InChI is InChI=1S/C15H15Cl2NO3S/c1-4-8(2)18-14(19)12(22-15(18)20)7-9-5-10(16)13(21-3)11(17)6-9/h5-8H,4H2,1-3H3/b12-7+/t8-/m1/s1. The van der Waals surface area contributed by atoms with E-state index < -0.39 is 0 Å². The van der Waals surface area contributed by atoms with Gasteiger partial charge in [0.25, 0.3) is 11.1 Å². The lowest BCUT2D eigenvalue weighted by Crippen LogP contribution is -2.36. The highest BCUT2D eigenvalue weighted by atomic mass is 35.5. The average molecular weight is 360 g/mol. The van der Waals surface area contributed by atoms with Gasteiger partial charge in [0.15, 0.2) is 5.75 Å². The van der Waals surface area contributed by atoms with Gasteiger partial charge in [-0.05, 0) is 48.9 Å². The molecule has 0 aliphatic carbocycles. The molecule has 1 aliphatic heterocycles. The van der Waals surface area contributed by atoms with Gasteiger partial charge in [0.05, 0.1) is 22.1 Å². The van der Waals surface area contributed by atoms with Crippen LogP contribution in [0.15, 0.2) is 17.0 Å². The number of nitrogens with zero attached hydrogens (tertiary/aromatic N) is 1. The van der Waals surface area contributed by atoms with Crippen molar-refractivity contribution >= 4 is 52.2 Å². The number of thioether (sulfide) groups is 1. The Morgan fingerprint density at radius 2 is 1.91 bits per heavy atom. The molecule has 1 aromatic rings. The fraction of sp³-hybridized carbons (Fsp3) is 0.333. The van der Waals surface area contributed by atoms with Gasteiger partial charge in [0, 0.05) is 6.04 Å². The highest BCUT2D eigenvalue weighted by Crippen LogP contribution is 2.37. The topological polar surface area (TPSA) is 46.6 Å². The molecule has 7 heteroatoms. The highest BCUT2D eigenvalue weighted by molar-refractivity contribution is 8.18. The Hall–Kier alpha value is -1.17. The molecule has 2 amide bonds. The molecule has 0 radical (unpaired) electrons. The number of imide groups is 1. The molecule has 118 valence electrons. The second-order valence-electron chi connectivity index (χ2n) is 4.83. The van der Waals surface area contributed by atoms with E-state index in [0.29, 0.717) is 32.7 Å². The maximum absolute atomic E-state index is 12.3. The van der Waals surface area contributed by atoms with Crippen molar-refractivity contribution in [3.05, 3.63) is 32.6 Å². The summed E-state index contributed by atoms with van der Waals surface area (Å²) in [4.78, 5) is 26.0. The van der Waals surface area contributed by atoms with Crippen molar-refractivity contribution in [2.45, 2.75) is 26.3 Å². The normalized spacial score (nSPS) is 18.2. The first kappa shape index (κ1) is 17.2. The Kier molecular flexibility index (Phi) is 5.42. The number of amides is 2. The van der Waals surface area contributed by atoms with Gasteiger partial charge in [0.2, 0.25) is 0 Å². The number of methoxy groups -OCH3 is 1. The van der Waals surface area contributed by atoms with Gasteiger partial charge in [0.1, 0.15) is 0 Å². The summed E-state index contributed by atoms with van der Waals surface area (Å²) in [5, 5.41) is 0.445. The largest absolute Gasteiger partial charge is 0.494 e. The summed E-state index contributed by atoms with van der Waals surface area (Å²) in [6.07, 6.45) is 2.33. The number of carbonyl (C=O) groups is 2. The fourth-order valence-electron chi connectivity index (χ4n) is 2.05. The maximum atomic E-state index is 12.3. The first-order valence-electron chi connectivity index (χ1n) is 6.69. The van der Waals surface area contributed by atoms with Crippen molar-refractivity contribution in [1.82, 2.24) is 4.90 Å². The summed E-state index contributed by atoms with van der Waals surface area (Å²) < 4.78 is 5.08. The highest BCUT2D eigenvalue weighted by Gasteiger charge is 2.37. The molecule has 1 heterocycles. The van der Waals surface area contributed by atoms with E-state index in [1.54, 1.807) is 18.2 Å². The van der Waals surface area contributed by atoms with Gasteiger partial charge >= 0.3 is 0 Å². The summed E-state index contributed by atoms with van der Waals surface area (Å²) in [6, 6.07) is 3.16. The molecule has 22 heavy (non-hydrogen) atoms. The van der Waals surface area contributed by atoms with Crippen LogP contribution >= 0.6 is 35.0 Å². The molecule has 1 saturated heterocycles. The van der Waals surface area contributed by atoms with E-state index in [2.05, 4.69) is 0 Å². The molecule has 0 spiro atoms. The van der Waals surface area contributed by atoms with Gasteiger partial charge < -0.3 is 4.74 Å². The number of halogens is 2. The smallest absolute Gasteiger partial charge is 0.293 e. The number of benzene rings is 1. The Balaban J connectivity index is 2.35. The molecule has 0 N–H and O–H groups in total. The molecule has 1 fully saturated rings. The SMILES string of the molecule is CC[C@@H](C)N1C(=O)S/C(=C/c2cc(Cl)c(OC)c(Cl)c2)C1=O. The number of ether oxygens (including phenoxy) is 1. The zero-order valence-corrected chi connectivity index (χ0v) is 14.7. The summed E-state index contributed by atoms with van der Waals surface area (Å²) >= 11 is 13.1. The van der Waals surface area contributed by atoms with E-state index >= 15 is 0 Å². The van der Waals surface area contributed by atoms with Gasteiger partial charge in [-0.1, -0.05) is 30.1 Å². The van der Waals surface area contributed by atoms with Crippen molar-refractivity contribution in [2.75, 3.05) is 7.11 Å². The van der Waals surface area contributed by atoms with Gasteiger partial charge in [-0.25, -0.2) is 0 Å². The number of hydrogen-bond acceptors (Lipinski definition) is 4. The van der Waals surface area contributed by atoms with Crippen LogP contribution in [0, 0.1) is 0 Å². The molecule has 1 aliphatic rings. The summed E-state index contributed by atoms with van der Waals surface area (Å²) in [5.41, 5.74) is 0.644. The Morgan fingerprint density at radius 3 is 2.41 bits per heavy atom. The van der Waals surface area contributed by atoms with E-state index in [0.717, 1.165) is 11.8 Å². The Bertz CT molecular complexity index is 637. The summed E-state index contributed by atoms with van der Waals surface area (Å²) in [6.45, 7) is 3.78. The third-order valence-corrected chi connectivity index (χ3v) is 4.82. The lowest BCUT2D eigenvalue weighted by molar-refractivity contribution is -0.124. The van der Waals surface area contributed by atoms with Crippen LogP contribution in [-0.4, -0.2) is 29.2 Å². The van der Waals surface area contributed by atoms with Crippen LogP contribution in [0.25, 0.3) is 6.08 Å². The lowest BCUT2D eigenvalue weighted by atomic mass is 10.2. The summed E-state index contributed by atoms with van der Waals surface area (Å²) in [7, 11) is 1.48. The van der Waals surface area contributed by atoms with Crippen LogP contribution in [0.4, 0.5) is 4.79 Å². The molecular formula is C15H15Cl2NO3S. The van der Waals surface area contributed by atoms with Crippen LogP contribution in [0.1, 0.15) is 25.8 Å². The number of rotatable bonds is 4. The predicted octanol–water partition coefficient (Wildman–Crippen LogP) is 4.84. The molecule has 0 aromatic heterocycles. The van der Waals surface area contributed by atoms with Gasteiger partial charge in [-0.15, -0.1) is 0 Å². The first-order valence-corrected chi connectivity index (χ1v) is 8.26. The molecule has 1 aromatic carbocycles. The zero-order valence-electron chi connectivity index (χ0n) is 12.4. The number of hydrogen-bond donors (Lipinski definition) is 0. The van der Waals surface area contributed by atoms with Crippen LogP contribution in [0.2, 0.25) is 10.0 Å². The van der Waals surface area contributed by atoms with E-state index in [1.807, 2.05) is 13.8 Å².